The summed E-state index contributed by atoms with van der Waals surface area (Å²) in [5, 5.41) is 0. The molecule has 22 heavy (non-hydrogen) atoms. The Morgan fingerprint density at radius 2 is 2.05 bits per heavy atom. The Labute approximate surface area is 132 Å². The second-order valence-corrected chi connectivity index (χ2v) is 6.67. The maximum atomic E-state index is 12.8. The lowest BCUT2D eigenvalue weighted by Crippen LogP contribution is -2.45. The van der Waals surface area contributed by atoms with Crippen molar-refractivity contribution in [3.05, 3.63) is 29.8 Å². The van der Waals surface area contributed by atoms with E-state index in [2.05, 4.69) is 0 Å². The summed E-state index contributed by atoms with van der Waals surface area (Å²) in [6.07, 6.45) is 3.51. The first-order valence-electron chi connectivity index (χ1n) is 8.33. The Bertz CT molecular complexity index is 544. The fourth-order valence-corrected chi connectivity index (χ4v) is 4.22. The molecule has 3 rings (SSSR count). The van der Waals surface area contributed by atoms with Gasteiger partial charge in [0.05, 0.1) is 12.5 Å². The zero-order valence-electron chi connectivity index (χ0n) is 13.5. The largest absolute Gasteiger partial charge is 0.494 e. The lowest BCUT2D eigenvalue weighted by molar-refractivity contribution is -0.137. The summed E-state index contributed by atoms with van der Waals surface area (Å²) < 4.78 is 5.65. The summed E-state index contributed by atoms with van der Waals surface area (Å²) in [5.41, 5.74) is 7.35. The van der Waals surface area contributed by atoms with Gasteiger partial charge in [-0.3, -0.25) is 4.79 Å². The molecule has 4 atom stereocenters. The van der Waals surface area contributed by atoms with E-state index in [1.807, 2.05) is 43.1 Å². The first-order valence-corrected chi connectivity index (χ1v) is 8.33. The highest BCUT2D eigenvalue weighted by Gasteiger charge is 2.49. The molecule has 0 aromatic heterocycles. The quantitative estimate of drug-likeness (QED) is 0.909. The number of benzene rings is 1. The molecule has 2 fully saturated rings. The van der Waals surface area contributed by atoms with Crippen molar-refractivity contribution < 1.29 is 9.53 Å². The van der Waals surface area contributed by atoms with E-state index in [0.29, 0.717) is 25.0 Å². The maximum Gasteiger partial charge on any atom is 0.227 e. The molecule has 0 spiro atoms. The van der Waals surface area contributed by atoms with Crippen molar-refractivity contribution in [2.45, 2.75) is 38.8 Å². The van der Waals surface area contributed by atoms with Crippen molar-refractivity contribution in [2.24, 2.45) is 23.5 Å². The van der Waals surface area contributed by atoms with Crippen molar-refractivity contribution in [3.63, 3.8) is 0 Å². The van der Waals surface area contributed by atoms with Crippen LogP contribution < -0.4 is 10.5 Å². The molecule has 4 nitrogen and oxygen atoms in total. The molecule has 0 radical (unpaired) electrons. The molecule has 1 amide bonds. The number of hydrogen-bond donors (Lipinski definition) is 1. The Balaban J connectivity index is 1.69. The maximum absolute atomic E-state index is 12.8. The Morgan fingerprint density at radius 3 is 2.73 bits per heavy atom. The molecule has 2 saturated carbocycles. The average Bonchev–Trinajstić information content (AvgIpc) is 3.10. The number of carbonyl (C=O) groups is 1. The van der Waals surface area contributed by atoms with Gasteiger partial charge in [0.2, 0.25) is 5.91 Å². The predicted octanol–water partition coefficient (Wildman–Crippen LogP) is 2.42. The van der Waals surface area contributed by atoms with Gasteiger partial charge in [0.25, 0.3) is 0 Å². The smallest absolute Gasteiger partial charge is 0.227 e. The summed E-state index contributed by atoms with van der Waals surface area (Å²) in [6, 6.07) is 7.98. The van der Waals surface area contributed by atoms with Gasteiger partial charge in [0.15, 0.2) is 0 Å². The molecular weight excluding hydrogens is 276 g/mol. The van der Waals surface area contributed by atoms with E-state index in [0.717, 1.165) is 24.2 Å². The third-order valence-electron chi connectivity index (χ3n) is 5.32. The van der Waals surface area contributed by atoms with Gasteiger partial charge in [-0.1, -0.05) is 18.2 Å². The van der Waals surface area contributed by atoms with Gasteiger partial charge in [-0.2, -0.15) is 0 Å². The third-order valence-corrected chi connectivity index (χ3v) is 5.32. The highest BCUT2D eigenvalue weighted by Crippen LogP contribution is 2.48. The zero-order chi connectivity index (χ0) is 15.7. The SMILES string of the molecule is CCOc1ccccc1CN(C)C(=O)[C@@H]1[C@H]2CC[C@@H](C2)[C@H]1N. The van der Waals surface area contributed by atoms with E-state index in [1.54, 1.807) is 0 Å². The highest BCUT2D eigenvalue weighted by atomic mass is 16.5. The van der Waals surface area contributed by atoms with Crippen LogP contribution in [0.4, 0.5) is 0 Å². The number of para-hydroxylation sites is 1. The second kappa shape index (κ2) is 6.29. The van der Waals surface area contributed by atoms with Crippen molar-refractivity contribution in [1.29, 1.82) is 0 Å². The number of carbonyl (C=O) groups excluding carboxylic acids is 1. The number of nitrogens with zero attached hydrogens (tertiary/aromatic N) is 1. The van der Waals surface area contributed by atoms with Crippen LogP contribution in [0.15, 0.2) is 24.3 Å². The molecule has 2 aliphatic carbocycles. The molecule has 4 heteroatoms. The van der Waals surface area contributed by atoms with Crippen LogP contribution in [0.1, 0.15) is 31.7 Å². The first kappa shape index (κ1) is 15.3. The molecule has 1 aromatic rings. The van der Waals surface area contributed by atoms with Gasteiger partial charge < -0.3 is 15.4 Å². The normalized spacial score (nSPS) is 29.6. The monoisotopic (exact) mass is 302 g/mol. The standard InChI is InChI=1S/C18H26N2O2/c1-3-22-15-7-5-4-6-14(15)11-20(2)18(21)16-12-8-9-13(10-12)17(16)19/h4-7,12-13,16-17H,3,8-11,19H2,1-2H3/t12-,13-,16+,17+/m0/s1. The van der Waals surface area contributed by atoms with Crippen molar-refractivity contribution in [1.82, 2.24) is 4.90 Å². The summed E-state index contributed by atoms with van der Waals surface area (Å²) in [6.45, 7) is 3.18. The molecule has 2 N–H and O–H groups in total. The van der Waals surface area contributed by atoms with Crippen LogP contribution in [0.25, 0.3) is 0 Å². The minimum atomic E-state index is 0.0167. The molecule has 0 heterocycles. The molecular formula is C18H26N2O2. The number of fused-ring (bicyclic) bond motifs is 2. The third kappa shape index (κ3) is 2.72. The van der Waals surface area contributed by atoms with Crippen LogP contribution in [0.2, 0.25) is 0 Å². The molecule has 0 aliphatic heterocycles. The van der Waals surface area contributed by atoms with Crippen LogP contribution >= 0.6 is 0 Å². The van der Waals surface area contributed by atoms with E-state index >= 15 is 0 Å². The van der Waals surface area contributed by atoms with Gasteiger partial charge in [0.1, 0.15) is 5.75 Å². The fraction of sp³-hybridized carbons (Fsp3) is 0.611. The topological polar surface area (TPSA) is 55.6 Å². The number of nitrogens with two attached hydrogens (primary N) is 1. The van der Waals surface area contributed by atoms with Crippen LogP contribution in [0, 0.1) is 17.8 Å². The highest BCUT2D eigenvalue weighted by molar-refractivity contribution is 5.80. The molecule has 0 unspecified atom stereocenters. The number of amides is 1. The average molecular weight is 302 g/mol. The minimum Gasteiger partial charge on any atom is -0.494 e. The summed E-state index contributed by atoms with van der Waals surface area (Å²) in [4.78, 5) is 14.6. The number of hydrogen-bond acceptors (Lipinski definition) is 3. The van der Waals surface area contributed by atoms with Crippen LogP contribution in [0.3, 0.4) is 0 Å². The van der Waals surface area contributed by atoms with Crippen molar-refractivity contribution in [3.8, 4) is 5.75 Å². The van der Waals surface area contributed by atoms with E-state index < -0.39 is 0 Å². The van der Waals surface area contributed by atoms with Gasteiger partial charge in [-0.25, -0.2) is 0 Å². The van der Waals surface area contributed by atoms with E-state index in [9.17, 15) is 4.79 Å². The van der Waals surface area contributed by atoms with Crippen LogP contribution in [-0.4, -0.2) is 30.5 Å². The summed E-state index contributed by atoms with van der Waals surface area (Å²) >= 11 is 0. The molecule has 1 aromatic carbocycles. The minimum absolute atomic E-state index is 0.0167. The summed E-state index contributed by atoms with van der Waals surface area (Å²) in [7, 11) is 1.88. The molecule has 2 bridgehead atoms. The van der Waals surface area contributed by atoms with Gasteiger partial charge >= 0.3 is 0 Å². The Kier molecular flexibility index (Phi) is 4.39. The van der Waals surface area contributed by atoms with Gasteiger partial charge in [-0.15, -0.1) is 0 Å². The number of rotatable bonds is 5. The van der Waals surface area contributed by atoms with Gasteiger partial charge in [-0.05, 0) is 44.1 Å². The lowest BCUT2D eigenvalue weighted by Gasteiger charge is -2.31. The van der Waals surface area contributed by atoms with Crippen LogP contribution in [-0.2, 0) is 11.3 Å². The molecule has 2 aliphatic rings. The van der Waals surface area contributed by atoms with Gasteiger partial charge in [0, 0.05) is 25.2 Å². The molecule has 120 valence electrons. The van der Waals surface area contributed by atoms with Crippen molar-refractivity contribution in [2.75, 3.05) is 13.7 Å². The Morgan fingerprint density at radius 1 is 1.32 bits per heavy atom. The summed E-state index contributed by atoms with van der Waals surface area (Å²) in [5.74, 6) is 2.14. The first-order chi connectivity index (χ1) is 10.6. The number of ether oxygens (including phenoxy) is 1. The lowest BCUT2D eigenvalue weighted by atomic mass is 9.84. The predicted molar refractivity (Wildman–Crippen MR) is 86.4 cm³/mol. The van der Waals surface area contributed by atoms with Crippen molar-refractivity contribution >= 4 is 5.91 Å². The van der Waals surface area contributed by atoms with Crippen LogP contribution in [0.5, 0.6) is 5.75 Å². The fourth-order valence-electron chi connectivity index (χ4n) is 4.22. The second-order valence-electron chi connectivity index (χ2n) is 6.67. The molecule has 0 saturated heterocycles. The van der Waals surface area contributed by atoms with E-state index in [4.69, 9.17) is 10.5 Å². The van der Waals surface area contributed by atoms with E-state index in [1.165, 1.54) is 6.42 Å². The Hall–Kier alpha value is -1.55. The zero-order valence-corrected chi connectivity index (χ0v) is 13.5. The van der Waals surface area contributed by atoms with E-state index in [-0.39, 0.29) is 17.9 Å².